The fraction of sp³-hybridized carbons (Fsp3) is 0.571. The van der Waals surface area contributed by atoms with Crippen LogP contribution >= 0.6 is 9.24 Å². The largest absolute Gasteiger partial charge is 0.267 e. The maximum atomic E-state index is 4.18. The smallest absolute Gasteiger partial charge is 0.0561 e. The van der Waals surface area contributed by atoms with Crippen molar-refractivity contribution in [2.45, 2.75) is 26.3 Å². The SMILES string of the molecule is CC(C)(C)n1cc(P)cn1. The average molecular weight is 156 g/mol. The van der Waals surface area contributed by atoms with Crippen molar-refractivity contribution in [2.24, 2.45) is 0 Å². The number of hydrogen-bond donors (Lipinski definition) is 0. The van der Waals surface area contributed by atoms with Gasteiger partial charge in [0.2, 0.25) is 0 Å². The Morgan fingerprint density at radius 3 is 2.30 bits per heavy atom. The van der Waals surface area contributed by atoms with Gasteiger partial charge in [0.05, 0.1) is 11.7 Å². The predicted octanol–water partition coefficient (Wildman–Crippen LogP) is 1.14. The van der Waals surface area contributed by atoms with Gasteiger partial charge in [-0.3, -0.25) is 4.68 Å². The molecule has 1 unspecified atom stereocenters. The molecule has 0 amide bonds. The third kappa shape index (κ3) is 1.57. The highest BCUT2D eigenvalue weighted by atomic mass is 31.0. The summed E-state index contributed by atoms with van der Waals surface area (Å²) in [5, 5.41) is 5.32. The molecule has 3 heteroatoms. The topological polar surface area (TPSA) is 17.8 Å². The zero-order valence-corrected chi connectivity index (χ0v) is 7.78. The average Bonchev–Trinajstić information content (AvgIpc) is 2.11. The number of nitrogens with zero attached hydrogens (tertiary/aromatic N) is 2. The molecule has 56 valence electrons. The van der Waals surface area contributed by atoms with Crippen molar-refractivity contribution >= 4 is 14.5 Å². The van der Waals surface area contributed by atoms with Gasteiger partial charge in [-0.05, 0) is 20.8 Å². The molecule has 0 fully saturated rings. The quantitative estimate of drug-likeness (QED) is 0.515. The first-order valence-electron chi connectivity index (χ1n) is 3.31. The highest BCUT2D eigenvalue weighted by molar-refractivity contribution is 7.27. The van der Waals surface area contributed by atoms with Gasteiger partial charge in [-0.2, -0.15) is 5.10 Å². The number of rotatable bonds is 0. The predicted molar refractivity (Wildman–Crippen MR) is 46.6 cm³/mol. The summed E-state index contributed by atoms with van der Waals surface area (Å²) in [7, 11) is 2.62. The first-order chi connectivity index (χ1) is 4.50. The van der Waals surface area contributed by atoms with E-state index in [0.717, 1.165) is 5.30 Å². The summed E-state index contributed by atoms with van der Waals surface area (Å²) in [6.07, 6.45) is 3.86. The van der Waals surface area contributed by atoms with E-state index in [1.165, 1.54) is 0 Å². The van der Waals surface area contributed by atoms with E-state index in [1.54, 1.807) is 0 Å². The molecular weight excluding hydrogens is 143 g/mol. The van der Waals surface area contributed by atoms with Crippen molar-refractivity contribution < 1.29 is 0 Å². The molecule has 0 aliphatic heterocycles. The lowest BCUT2D eigenvalue weighted by Crippen LogP contribution is -2.22. The van der Waals surface area contributed by atoms with Crippen molar-refractivity contribution in [2.75, 3.05) is 0 Å². The molecule has 0 N–H and O–H groups in total. The van der Waals surface area contributed by atoms with Crippen LogP contribution in [-0.2, 0) is 5.54 Å². The highest BCUT2D eigenvalue weighted by Crippen LogP contribution is 2.10. The molecule has 2 nitrogen and oxygen atoms in total. The molecular formula is C7H13N2P. The van der Waals surface area contributed by atoms with Gasteiger partial charge < -0.3 is 0 Å². The molecule has 0 radical (unpaired) electrons. The fourth-order valence-electron chi connectivity index (χ4n) is 0.704. The number of aromatic nitrogens is 2. The Balaban J connectivity index is 2.96. The normalized spacial score (nSPS) is 12.0. The zero-order chi connectivity index (χ0) is 7.78. The second-order valence-electron chi connectivity index (χ2n) is 3.39. The first kappa shape index (κ1) is 7.74. The molecule has 10 heavy (non-hydrogen) atoms. The summed E-state index contributed by atoms with van der Waals surface area (Å²) in [5.41, 5.74) is 0.106. The molecule has 0 spiro atoms. The molecule has 0 saturated carbocycles. The van der Waals surface area contributed by atoms with Gasteiger partial charge in [0.1, 0.15) is 0 Å². The van der Waals surface area contributed by atoms with Crippen molar-refractivity contribution in [3.05, 3.63) is 12.4 Å². The van der Waals surface area contributed by atoms with E-state index < -0.39 is 0 Å². The zero-order valence-electron chi connectivity index (χ0n) is 6.63. The standard InChI is InChI=1S/C7H13N2P/c1-7(2,3)9-5-6(10)4-8-9/h4-5H,10H2,1-3H3. The maximum absolute atomic E-state index is 4.18. The molecule has 0 aliphatic carbocycles. The van der Waals surface area contributed by atoms with Gasteiger partial charge in [0.25, 0.3) is 0 Å². The Morgan fingerprint density at radius 2 is 2.10 bits per heavy atom. The van der Waals surface area contributed by atoms with E-state index in [2.05, 4.69) is 35.1 Å². The maximum Gasteiger partial charge on any atom is 0.0561 e. The molecule has 1 heterocycles. The van der Waals surface area contributed by atoms with Crippen molar-refractivity contribution in [3.63, 3.8) is 0 Å². The van der Waals surface area contributed by atoms with Crippen LogP contribution in [0.2, 0.25) is 0 Å². The number of hydrogen-bond acceptors (Lipinski definition) is 1. The minimum Gasteiger partial charge on any atom is -0.267 e. The monoisotopic (exact) mass is 156 g/mol. The van der Waals surface area contributed by atoms with Crippen LogP contribution in [0.25, 0.3) is 0 Å². The summed E-state index contributed by atoms with van der Waals surface area (Å²) in [6.45, 7) is 6.39. The Morgan fingerprint density at radius 1 is 1.50 bits per heavy atom. The summed E-state index contributed by atoms with van der Waals surface area (Å²) in [5.74, 6) is 0. The van der Waals surface area contributed by atoms with Gasteiger partial charge in [-0.1, -0.05) is 0 Å². The van der Waals surface area contributed by atoms with Crippen LogP contribution in [0.3, 0.4) is 0 Å². The lowest BCUT2D eigenvalue weighted by atomic mass is 10.1. The van der Waals surface area contributed by atoms with Crippen LogP contribution in [-0.4, -0.2) is 9.78 Å². The highest BCUT2D eigenvalue weighted by Gasteiger charge is 2.12. The second kappa shape index (κ2) is 2.35. The van der Waals surface area contributed by atoms with E-state index in [1.807, 2.05) is 17.1 Å². The van der Waals surface area contributed by atoms with Crippen LogP contribution in [0.5, 0.6) is 0 Å². The lowest BCUT2D eigenvalue weighted by molar-refractivity contribution is 0.356. The Kier molecular flexibility index (Phi) is 1.82. The third-order valence-corrected chi connectivity index (χ3v) is 1.59. The lowest BCUT2D eigenvalue weighted by Gasteiger charge is -2.18. The van der Waals surface area contributed by atoms with Gasteiger partial charge in [-0.25, -0.2) is 0 Å². The van der Waals surface area contributed by atoms with Gasteiger partial charge in [-0.15, -0.1) is 9.24 Å². The van der Waals surface area contributed by atoms with Crippen molar-refractivity contribution in [3.8, 4) is 0 Å². The Hall–Kier alpha value is -0.360. The van der Waals surface area contributed by atoms with Crippen LogP contribution in [0, 0.1) is 0 Å². The summed E-state index contributed by atoms with van der Waals surface area (Å²) < 4.78 is 1.95. The van der Waals surface area contributed by atoms with Crippen molar-refractivity contribution in [1.82, 2.24) is 9.78 Å². The van der Waals surface area contributed by atoms with Crippen LogP contribution < -0.4 is 5.30 Å². The minimum absolute atomic E-state index is 0.106. The fourth-order valence-corrected chi connectivity index (χ4v) is 0.911. The van der Waals surface area contributed by atoms with Crippen molar-refractivity contribution in [1.29, 1.82) is 0 Å². The minimum atomic E-state index is 0.106. The molecule has 1 aromatic heterocycles. The van der Waals surface area contributed by atoms with E-state index in [4.69, 9.17) is 0 Å². The molecule has 1 atom stereocenters. The first-order valence-corrected chi connectivity index (χ1v) is 3.88. The van der Waals surface area contributed by atoms with Gasteiger partial charge in [0, 0.05) is 11.5 Å². The second-order valence-corrected chi connectivity index (χ2v) is 4.06. The summed E-state index contributed by atoms with van der Waals surface area (Å²) in [6, 6.07) is 0. The van der Waals surface area contributed by atoms with Crippen LogP contribution in [0.1, 0.15) is 20.8 Å². The van der Waals surface area contributed by atoms with Gasteiger partial charge >= 0.3 is 0 Å². The molecule has 1 aromatic rings. The Bertz CT molecular complexity index is 222. The van der Waals surface area contributed by atoms with E-state index >= 15 is 0 Å². The molecule has 0 aromatic carbocycles. The summed E-state index contributed by atoms with van der Waals surface area (Å²) >= 11 is 0. The van der Waals surface area contributed by atoms with E-state index in [9.17, 15) is 0 Å². The molecule has 0 aliphatic rings. The van der Waals surface area contributed by atoms with Crippen LogP contribution in [0.4, 0.5) is 0 Å². The molecule has 0 saturated heterocycles. The van der Waals surface area contributed by atoms with E-state index in [-0.39, 0.29) is 5.54 Å². The van der Waals surface area contributed by atoms with Crippen LogP contribution in [0.15, 0.2) is 12.4 Å². The Labute approximate surface area is 63.8 Å². The molecule has 0 bridgehead atoms. The van der Waals surface area contributed by atoms with E-state index in [0.29, 0.717) is 0 Å². The molecule has 1 rings (SSSR count). The van der Waals surface area contributed by atoms with Gasteiger partial charge in [0.15, 0.2) is 0 Å². The summed E-state index contributed by atoms with van der Waals surface area (Å²) in [4.78, 5) is 0. The third-order valence-electron chi connectivity index (χ3n) is 1.29.